The Bertz CT molecular complexity index is 554. The van der Waals surface area contributed by atoms with Gasteiger partial charge in [-0.1, -0.05) is 23.2 Å². The van der Waals surface area contributed by atoms with Crippen LogP contribution in [0.2, 0.25) is 10.2 Å². The predicted octanol–water partition coefficient (Wildman–Crippen LogP) is 3.96. The molecule has 0 aliphatic heterocycles. The smallest absolute Gasteiger partial charge is 0.224 e. The van der Waals surface area contributed by atoms with Gasteiger partial charge in [-0.3, -0.25) is 0 Å². The summed E-state index contributed by atoms with van der Waals surface area (Å²) in [5.74, 6) is -1.26. The van der Waals surface area contributed by atoms with E-state index in [1.54, 1.807) is 0 Å². The van der Waals surface area contributed by atoms with E-state index in [1.165, 1.54) is 18.2 Å². The van der Waals surface area contributed by atoms with Gasteiger partial charge < -0.3 is 0 Å². The van der Waals surface area contributed by atoms with Crippen LogP contribution in [0.3, 0.4) is 0 Å². The second-order valence-corrected chi connectivity index (χ2v) is 3.79. The number of aromatic nitrogens is 2. The largest absolute Gasteiger partial charge is 0.451 e. The van der Waals surface area contributed by atoms with Crippen molar-refractivity contribution in [2.24, 2.45) is 0 Å². The maximum atomic E-state index is 12.4. The van der Waals surface area contributed by atoms with Crippen molar-refractivity contribution in [2.75, 3.05) is 0 Å². The molecule has 0 bridgehead atoms. The predicted molar refractivity (Wildman–Crippen MR) is 54.6 cm³/mol. The average molecular weight is 267 g/mol. The van der Waals surface area contributed by atoms with Crippen molar-refractivity contribution < 1.29 is 13.2 Å². The lowest BCUT2D eigenvalue weighted by molar-refractivity contribution is -0.144. The monoisotopic (exact) mass is 266 g/mol. The number of nitrogens with zero attached hydrogens (tertiary/aromatic N) is 2. The first-order valence-corrected chi connectivity index (χ1v) is 4.83. The summed E-state index contributed by atoms with van der Waals surface area (Å²) in [7, 11) is 0. The number of hydrogen-bond acceptors (Lipinski definition) is 2. The molecule has 0 aliphatic carbocycles. The zero-order valence-electron chi connectivity index (χ0n) is 7.52. The van der Waals surface area contributed by atoms with Gasteiger partial charge in [0.15, 0.2) is 0 Å². The second-order valence-electron chi connectivity index (χ2n) is 3.00. The standard InChI is InChI=1S/C9H3Cl2F3N2/c10-4-1-2-6-5(3-4)7(11)16-8(15-6)9(12,13)14/h1-3H. The van der Waals surface area contributed by atoms with Gasteiger partial charge in [0.25, 0.3) is 0 Å². The van der Waals surface area contributed by atoms with Gasteiger partial charge in [0, 0.05) is 10.4 Å². The van der Waals surface area contributed by atoms with Crippen molar-refractivity contribution in [1.29, 1.82) is 0 Å². The van der Waals surface area contributed by atoms with Gasteiger partial charge in [-0.25, -0.2) is 9.97 Å². The third-order valence-electron chi connectivity index (χ3n) is 1.86. The van der Waals surface area contributed by atoms with Gasteiger partial charge in [0.2, 0.25) is 5.82 Å². The minimum absolute atomic E-state index is 0.108. The van der Waals surface area contributed by atoms with Gasteiger partial charge in [-0.2, -0.15) is 13.2 Å². The SMILES string of the molecule is FC(F)(F)c1nc(Cl)c2cc(Cl)ccc2n1. The first-order valence-electron chi connectivity index (χ1n) is 4.08. The number of benzene rings is 1. The molecular formula is C9H3Cl2F3N2. The van der Waals surface area contributed by atoms with Crippen LogP contribution in [0.4, 0.5) is 13.2 Å². The fraction of sp³-hybridized carbons (Fsp3) is 0.111. The molecule has 1 heterocycles. The zero-order chi connectivity index (χ0) is 11.9. The van der Waals surface area contributed by atoms with E-state index in [2.05, 4.69) is 9.97 Å². The molecule has 0 N–H and O–H groups in total. The number of rotatable bonds is 0. The molecule has 0 unspecified atom stereocenters. The first-order chi connectivity index (χ1) is 7.38. The molecule has 2 aromatic rings. The average Bonchev–Trinajstić information content (AvgIpc) is 2.17. The molecule has 2 rings (SSSR count). The molecule has 84 valence electrons. The lowest BCUT2D eigenvalue weighted by Gasteiger charge is -2.07. The minimum atomic E-state index is -4.61. The molecule has 0 saturated carbocycles. The Morgan fingerprint density at radius 1 is 1.06 bits per heavy atom. The number of fused-ring (bicyclic) bond motifs is 1. The Morgan fingerprint density at radius 2 is 1.75 bits per heavy atom. The molecule has 0 atom stereocenters. The third kappa shape index (κ3) is 2.05. The summed E-state index contributed by atoms with van der Waals surface area (Å²) in [5.41, 5.74) is 0.108. The van der Waals surface area contributed by atoms with E-state index in [-0.39, 0.29) is 10.7 Å². The van der Waals surface area contributed by atoms with E-state index in [9.17, 15) is 13.2 Å². The molecule has 0 saturated heterocycles. The Hall–Kier alpha value is -1.07. The van der Waals surface area contributed by atoms with Crippen LogP contribution < -0.4 is 0 Å². The maximum absolute atomic E-state index is 12.4. The van der Waals surface area contributed by atoms with Crippen molar-refractivity contribution in [1.82, 2.24) is 9.97 Å². The normalized spacial score (nSPS) is 12.1. The summed E-state index contributed by atoms with van der Waals surface area (Å²) < 4.78 is 37.1. The van der Waals surface area contributed by atoms with Crippen LogP contribution in [0.1, 0.15) is 5.82 Å². The summed E-state index contributed by atoms with van der Waals surface area (Å²) in [6, 6.07) is 4.22. The molecule has 0 aliphatic rings. The molecular weight excluding hydrogens is 264 g/mol. The summed E-state index contributed by atoms with van der Waals surface area (Å²) in [5, 5.41) is 0.389. The van der Waals surface area contributed by atoms with Gasteiger partial charge in [0.1, 0.15) is 5.15 Å². The second kappa shape index (κ2) is 3.75. The van der Waals surface area contributed by atoms with Gasteiger partial charge >= 0.3 is 6.18 Å². The molecule has 2 nitrogen and oxygen atoms in total. The van der Waals surface area contributed by atoms with E-state index in [1.807, 2.05) is 0 Å². The lowest BCUT2D eigenvalue weighted by atomic mass is 10.2. The van der Waals surface area contributed by atoms with E-state index < -0.39 is 12.0 Å². The molecule has 16 heavy (non-hydrogen) atoms. The summed E-state index contributed by atoms with van der Waals surface area (Å²) in [6.07, 6.45) is -4.61. The number of halogens is 5. The Kier molecular flexibility index (Phi) is 2.67. The van der Waals surface area contributed by atoms with Crippen molar-refractivity contribution in [2.45, 2.75) is 6.18 Å². The highest BCUT2D eigenvalue weighted by Crippen LogP contribution is 2.30. The highest BCUT2D eigenvalue weighted by atomic mass is 35.5. The van der Waals surface area contributed by atoms with Gasteiger partial charge in [-0.05, 0) is 18.2 Å². The van der Waals surface area contributed by atoms with Crippen LogP contribution in [0.25, 0.3) is 10.9 Å². The van der Waals surface area contributed by atoms with E-state index in [4.69, 9.17) is 23.2 Å². The van der Waals surface area contributed by atoms with E-state index >= 15 is 0 Å². The van der Waals surface area contributed by atoms with Crippen LogP contribution in [-0.4, -0.2) is 9.97 Å². The lowest BCUT2D eigenvalue weighted by Crippen LogP contribution is -2.11. The molecule has 1 aromatic heterocycles. The van der Waals surface area contributed by atoms with E-state index in [0.29, 0.717) is 10.4 Å². The van der Waals surface area contributed by atoms with Crippen molar-refractivity contribution in [3.8, 4) is 0 Å². The Morgan fingerprint density at radius 3 is 2.38 bits per heavy atom. The highest BCUT2D eigenvalue weighted by molar-refractivity contribution is 6.35. The Balaban J connectivity index is 2.74. The fourth-order valence-electron chi connectivity index (χ4n) is 1.19. The summed E-state index contributed by atoms with van der Waals surface area (Å²) in [4.78, 5) is 6.55. The number of alkyl halides is 3. The van der Waals surface area contributed by atoms with Crippen molar-refractivity contribution in [3.05, 3.63) is 34.2 Å². The van der Waals surface area contributed by atoms with Gasteiger partial charge in [-0.15, -0.1) is 0 Å². The molecule has 7 heteroatoms. The molecule has 0 amide bonds. The van der Waals surface area contributed by atoms with Gasteiger partial charge in [0.05, 0.1) is 5.52 Å². The zero-order valence-corrected chi connectivity index (χ0v) is 9.03. The topological polar surface area (TPSA) is 25.8 Å². The molecule has 0 radical (unpaired) electrons. The highest BCUT2D eigenvalue weighted by Gasteiger charge is 2.35. The fourth-order valence-corrected chi connectivity index (χ4v) is 1.59. The minimum Gasteiger partial charge on any atom is -0.224 e. The van der Waals surface area contributed by atoms with Crippen LogP contribution in [0.5, 0.6) is 0 Å². The van der Waals surface area contributed by atoms with Crippen LogP contribution in [-0.2, 0) is 6.18 Å². The third-order valence-corrected chi connectivity index (χ3v) is 2.39. The van der Waals surface area contributed by atoms with Crippen molar-refractivity contribution >= 4 is 34.1 Å². The Labute approximate surface area is 98.0 Å². The quantitative estimate of drug-likeness (QED) is 0.675. The summed E-state index contributed by atoms with van der Waals surface area (Å²) in [6.45, 7) is 0. The van der Waals surface area contributed by atoms with Crippen LogP contribution in [0, 0.1) is 0 Å². The van der Waals surface area contributed by atoms with Crippen molar-refractivity contribution in [3.63, 3.8) is 0 Å². The maximum Gasteiger partial charge on any atom is 0.451 e. The molecule has 0 spiro atoms. The van der Waals surface area contributed by atoms with Crippen LogP contribution in [0.15, 0.2) is 18.2 Å². The molecule has 1 aromatic carbocycles. The van der Waals surface area contributed by atoms with Crippen LogP contribution >= 0.6 is 23.2 Å². The first kappa shape index (κ1) is 11.4. The van der Waals surface area contributed by atoms with E-state index in [0.717, 1.165) is 0 Å². The summed E-state index contributed by atoms with van der Waals surface area (Å²) >= 11 is 11.3. The number of hydrogen-bond donors (Lipinski definition) is 0. The molecule has 0 fully saturated rings.